The summed E-state index contributed by atoms with van der Waals surface area (Å²) in [4.78, 5) is 26.8. The van der Waals surface area contributed by atoms with E-state index in [1.54, 1.807) is 41.5 Å². The van der Waals surface area contributed by atoms with Gasteiger partial charge in [0.1, 0.15) is 17.2 Å². The fourth-order valence-corrected chi connectivity index (χ4v) is 1.69. The van der Waals surface area contributed by atoms with Gasteiger partial charge in [0.2, 0.25) is 0 Å². The maximum absolute atomic E-state index is 12.3. The van der Waals surface area contributed by atoms with Crippen LogP contribution in [-0.4, -0.2) is 47.1 Å². The quantitative estimate of drug-likeness (QED) is 0.317. The van der Waals surface area contributed by atoms with Crippen LogP contribution in [-0.2, 0) is 14.3 Å². The summed E-state index contributed by atoms with van der Waals surface area (Å²) in [6.45, 7) is 9.91. The Morgan fingerprint density at radius 3 is 2.08 bits per heavy atom. The molecule has 9 nitrogen and oxygen atoms in total. The Balaban J connectivity index is 4.97. The molecule has 0 spiro atoms. The van der Waals surface area contributed by atoms with Gasteiger partial charge < -0.3 is 19.9 Å². The summed E-state index contributed by atoms with van der Waals surface area (Å²) < 4.78 is 10.4. The summed E-state index contributed by atoms with van der Waals surface area (Å²) in [6.07, 6.45) is -0.402. The lowest BCUT2D eigenvalue weighted by Crippen LogP contribution is -2.46. The van der Waals surface area contributed by atoms with E-state index in [1.807, 2.05) is 0 Å². The van der Waals surface area contributed by atoms with Crippen molar-refractivity contribution in [1.82, 2.24) is 5.32 Å². The molecule has 0 saturated heterocycles. The van der Waals surface area contributed by atoms with E-state index >= 15 is 0 Å². The van der Waals surface area contributed by atoms with Crippen molar-refractivity contribution in [2.24, 2.45) is 5.11 Å². The Hall–Kier alpha value is -1.99. The summed E-state index contributed by atoms with van der Waals surface area (Å²) >= 11 is 0. The molecule has 0 aromatic heterocycles. The van der Waals surface area contributed by atoms with Crippen molar-refractivity contribution in [2.45, 2.75) is 77.7 Å². The van der Waals surface area contributed by atoms with Crippen LogP contribution < -0.4 is 5.32 Å². The number of rotatable bonds is 7. The summed E-state index contributed by atoms with van der Waals surface area (Å²) in [5, 5.41) is 15.0. The lowest BCUT2D eigenvalue weighted by atomic mass is 10.1. The van der Waals surface area contributed by atoms with Crippen molar-refractivity contribution in [1.29, 1.82) is 0 Å². The van der Waals surface area contributed by atoms with Crippen molar-refractivity contribution in [3.8, 4) is 0 Å². The molecular formula is C15H28N4O5. The molecule has 0 aromatic carbocycles. The summed E-state index contributed by atoms with van der Waals surface area (Å²) in [7, 11) is 0. The van der Waals surface area contributed by atoms with E-state index in [9.17, 15) is 9.59 Å². The number of hydrogen-bond acceptors (Lipinski definition) is 6. The third-order valence-corrected chi connectivity index (χ3v) is 2.60. The molecule has 0 aliphatic rings. The summed E-state index contributed by atoms with van der Waals surface area (Å²) in [5.41, 5.74) is 7.01. The highest BCUT2D eigenvalue weighted by Gasteiger charge is 2.29. The van der Waals surface area contributed by atoms with E-state index in [0.29, 0.717) is 0 Å². The second-order valence-corrected chi connectivity index (χ2v) is 7.35. The third kappa shape index (κ3) is 10.7. The summed E-state index contributed by atoms with van der Waals surface area (Å²) in [5.74, 6) is -0.619. The average Bonchev–Trinajstić information content (AvgIpc) is 2.37. The van der Waals surface area contributed by atoms with Gasteiger partial charge in [0.15, 0.2) is 0 Å². The Morgan fingerprint density at radius 2 is 1.67 bits per heavy atom. The predicted octanol–water partition coefficient (Wildman–Crippen LogP) is 2.67. The standard InChI is InChI=1S/C15H28N4O5/c1-14(2,3)23-12(21)11(8-7-10(9-20)18-19-16)17-13(22)24-15(4,5)6/h10-11,20H,7-9H2,1-6H3,(H,17,22)/t10-,11-/m0/s1. The topological polar surface area (TPSA) is 134 Å². The van der Waals surface area contributed by atoms with Crippen molar-refractivity contribution in [3.05, 3.63) is 10.4 Å². The Bertz CT molecular complexity index is 475. The first kappa shape index (κ1) is 22.0. The van der Waals surface area contributed by atoms with E-state index < -0.39 is 35.3 Å². The van der Waals surface area contributed by atoms with Crippen LogP contribution in [0, 0.1) is 0 Å². The van der Waals surface area contributed by atoms with Crippen molar-refractivity contribution >= 4 is 12.1 Å². The fourth-order valence-electron chi connectivity index (χ4n) is 1.69. The van der Waals surface area contributed by atoms with Crippen LogP contribution in [0.1, 0.15) is 54.4 Å². The highest BCUT2D eigenvalue weighted by Crippen LogP contribution is 2.14. The first-order chi connectivity index (χ1) is 10.9. The minimum Gasteiger partial charge on any atom is -0.458 e. The molecule has 0 aliphatic carbocycles. The highest BCUT2D eigenvalue weighted by molar-refractivity contribution is 5.81. The number of alkyl carbamates (subject to hydrolysis) is 1. The minimum atomic E-state index is -0.970. The molecule has 1 amide bonds. The van der Waals surface area contributed by atoms with E-state index in [1.165, 1.54) is 0 Å². The van der Waals surface area contributed by atoms with Gasteiger partial charge in [-0.2, -0.15) is 0 Å². The fraction of sp³-hybridized carbons (Fsp3) is 0.867. The number of amides is 1. The number of azide groups is 1. The lowest BCUT2D eigenvalue weighted by molar-refractivity contribution is -0.157. The molecule has 9 heteroatoms. The molecule has 0 unspecified atom stereocenters. The number of aliphatic hydroxyl groups excluding tert-OH is 1. The van der Waals surface area contributed by atoms with Crippen LogP contribution in [0.5, 0.6) is 0 Å². The Morgan fingerprint density at radius 1 is 1.12 bits per heavy atom. The molecule has 2 atom stereocenters. The van der Waals surface area contributed by atoms with Crippen molar-refractivity contribution in [2.75, 3.05) is 6.61 Å². The molecule has 138 valence electrons. The van der Waals surface area contributed by atoms with Crippen LogP contribution in [0.4, 0.5) is 4.79 Å². The van der Waals surface area contributed by atoms with Gasteiger partial charge >= 0.3 is 12.1 Å². The van der Waals surface area contributed by atoms with E-state index in [-0.39, 0.29) is 19.4 Å². The zero-order chi connectivity index (χ0) is 19.0. The van der Waals surface area contributed by atoms with Crippen LogP contribution in [0.2, 0.25) is 0 Å². The smallest absolute Gasteiger partial charge is 0.408 e. The van der Waals surface area contributed by atoms with Crippen LogP contribution >= 0.6 is 0 Å². The van der Waals surface area contributed by atoms with E-state index in [0.717, 1.165) is 0 Å². The normalized spacial score (nSPS) is 14.1. The molecule has 0 aliphatic heterocycles. The van der Waals surface area contributed by atoms with Gasteiger partial charge in [-0.05, 0) is 59.9 Å². The highest BCUT2D eigenvalue weighted by atomic mass is 16.6. The zero-order valence-electron chi connectivity index (χ0n) is 15.2. The molecule has 0 fully saturated rings. The van der Waals surface area contributed by atoms with E-state index in [4.69, 9.17) is 20.1 Å². The number of nitrogens with one attached hydrogen (secondary N) is 1. The third-order valence-electron chi connectivity index (χ3n) is 2.60. The average molecular weight is 344 g/mol. The minimum absolute atomic E-state index is 0.137. The number of aliphatic hydroxyl groups is 1. The monoisotopic (exact) mass is 344 g/mol. The number of hydrogen-bond donors (Lipinski definition) is 2. The number of nitrogens with zero attached hydrogens (tertiary/aromatic N) is 3. The number of carbonyl (C=O) groups excluding carboxylic acids is 2. The van der Waals surface area contributed by atoms with Crippen LogP contribution in [0.3, 0.4) is 0 Å². The molecule has 0 bridgehead atoms. The van der Waals surface area contributed by atoms with E-state index in [2.05, 4.69) is 15.3 Å². The zero-order valence-corrected chi connectivity index (χ0v) is 15.2. The first-order valence-corrected chi connectivity index (χ1v) is 7.75. The molecule has 0 heterocycles. The molecule has 0 aromatic rings. The second-order valence-electron chi connectivity index (χ2n) is 7.35. The predicted molar refractivity (Wildman–Crippen MR) is 88.3 cm³/mol. The van der Waals surface area contributed by atoms with Crippen LogP contribution in [0.25, 0.3) is 10.4 Å². The number of ether oxygens (including phenoxy) is 2. The molecule has 24 heavy (non-hydrogen) atoms. The second kappa shape index (κ2) is 9.34. The molecular weight excluding hydrogens is 316 g/mol. The largest absolute Gasteiger partial charge is 0.458 e. The van der Waals surface area contributed by atoms with Gasteiger partial charge in [-0.25, -0.2) is 9.59 Å². The summed E-state index contributed by atoms with van der Waals surface area (Å²) in [6, 6.07) is -1.65. The first-order valence-electron chi connectivity index (χ1n) is 7.75. The van der Waals surface area contributed by atoms with Gasteiger partial charge in [0.25, 0.3) is 0 Å². The Kier molecular flexibility index (Phi) is 8.57. The van der Waals surface area contributed by atoms with Gasteiger partial charge in [-0.15, -0.1) is 0 Å². The molecule has 2 N–H and O–H groups in total. The van der Waals surface area contributed by atoms with Crippen molar-refractivity contribution in [3.63, 3.8) is 0 Å². The molecule has 0 radical (unpaired) electrons. The number of esters is 1. The maximum Gasteiger partial charge on any atom is 0.408 e. The van der Waals surface area contributed by atoms with Gasteiger partial charge in [0.05, 0.1) is 12.6 Å². The lowest BCUT2D eigenvalue weighted by Gasteiger charge is -2.26. The SMILES string of the molecule is CC(C)(C)OC(=O)N[C@@H](CC[C@@H](CO)N=[N+]=[N-])C(=O)OC(C)(C)C. The van der Waals surface area contributed by atoms with Crippen molar-refractivity contribution < 1.29 is 24.2 Å². The Labute approximate surface area is 142 Å². The van der Waals surface area contributed by atoms with Gasteiger partial charge in [-0.1, -0.05) is 5.11 Å². The van der Waals surface area contributed by atoms with Gasteiger partial charge in [-0.3, -0.25) is 0 Å². The molecule has 0 rings (SSSR count). The van der Waals surface area contributed by atoms with Crippen LogP contribution in [0.15, 0.2) is 5.11 Å². The van der Waals surface area contributed by atoms with Gasteiger partial charge in [0, 0.05) is 4.91 Å². The molecule has 0 saturated carbocycles. The number of carbonyl (C=O) groups is 2. The maximum atomic E-state index is 12.3.